The predicted octanol–water partition coefficient (Wildman–Crippen LogP) is 2.77. The second-order valence-corrected chi connectivity index (χ2v) is 4.66. The maximum atomic E-state index is 12.6. The number of hydrogen-bond donors (Lipinski definition) is 2. The van der Waals surface area contributed by atoms with Gasteiger partial charge in [0.15, 0.2) is 0 Å². The fourth-order valence-corrected chi connectivity index (χ4v) is 1.80. The molecule has 25 heavy (non-hydrogen) atoms. The maximum Gasteiger partial charge on any atom is 0.416 e. The van der Waals surface area contributed by atoms with Crippen LogP contribution in [0.25, 0.3) is 0 Å². The van der Waals surface area contributed by atoms with Gasteiger partial charge in [-0.25, -0.2) is 4.98 Å². The van der Waals surface area contributed by atoms with Gasteiger partial charge in [0.05, 0.1) is 23.2 Å². The first-order valence-electron chi connectivity index (χ1n) is 6.64. The summed E-state index contributed by atoms with van der Waals surface area (Å²) >= 11 is 0. The van der Waals surface area contributed by atoms with Crippen LogP contribution in [0.5, 0.6) is 5.88 Å². The van der Waals surface area contributed by atoms with Gasteiger partial charge in [0, 0.05) is 18.3 Å². The lowest BCUT2D eigenvalue weighted by molar-refractivity contribution is -0.384. The smallest absolute Gasteiger partial charge is 0.416 e. The highest BCUT2D eigenvalue weighted by Crippen LogP contribution is 2.34. The molecule has 0 spiro atoms. The van der Waals surface area contributed by atoms with Crippen LogP contribution in [0.15, 0.2) is 36.5 Å². The molecule has 0 radical (unpaired) electrons. The number of carbonyl (C=O) groups is 1. The first kappa shape index (κ1) is 18.0. The van der Waals surface area contributed by atoms with E-state index in [1.807, 2.05) is 0 Å². The van der Waals surface area contributed by atoms with Crippen LogP contribution in [0.1, 0.15) is 15.9 Å². The summed E-state index contributed by atoms with van der Waals surface area (Å²) in [7, 11) is 1.40. The Morgan fingerprint density at radius 2 is 2.00 bits per heavy atom. The normalized spacial score (nSPS) is 10.9. The highest BCUT2D eigenvalue weighted by molar-refractivity contribution is 5.94. The topological polar surface area (TPSA) is 106 Å². The molecule has 8 nitrogen and oxygen atoms in total. The molecular formula is C14H11F3N4O4. The Balaban J connectivity index is 2.16. The fourth-order valence-electron chi connectivity index (χ4n) is 1.80. The lowest BCUT2D eigenvalue weighted by Gasteiger charge is -2.11. The Morgan fingerprint density at radius 1 is 1.28 bits per heavy atom. The number of halogens is 3. The number of benzene rings is 1. The molecule has 0 unspecified atom stereocenters. The van der Waals surface area contributed by atoms with Crippen molar-refractivity contribution in [3.8, 4) is 5.88 Å². The van der Waals surface area contributed by atoms with E-state index in [2.05, 4.69) is 15.8 Å². The molecule has 132 valence electrons. The lowest BCUT2D eigenvalue weighted by Crippen LogP contribution is -2.29. The van der Waals surface area contributed by atoms with E-state index in [0.717, 1.165) is 6.07 Å². The summed E-state index contributed by atoms with van der Waals surface area (Å²) in [6, 6.07) is 4.72. The second kappa shape index (κ2) is 7.03. The minimum Gasteiger partial charge on any atom is -0.481 e. The van der Waals surface area contributed by atoms with Crippen LogP contribution in [0.4, 0.5) is 24.5 Å². The van der Waals surface area contributed by atoms with Gasteiger partial charge in [0.1, 0.15) is 5.69 Å². The third kappa shape index (κ3) is 4.34. The van der Waals surface area contributed by atoms with Crippen molar-refractivity contribution in [3.05, 3.63) is 57.8 Å². The van der Waals surface area contributed by atoms with Crippen LogP contribution in [0.2, 0.25) is 0 Å². The van der Waals surface area contributed by atoms with Gasteiger partial charge in [-0.2, -0.15) is 13.2 Å². The molecule has 2 rings (SSSR count). The summed E-state index contributed by atoms with van der Waals surface area (Å²) in [5.41, 5.74) is 2.20. The highest BCUT2D eigenvalue weighted by Gasteiger charge is 2.33. The van der Waals surface area contributed by atoms with Crippen LogP contribution in [0, 0.1) is 10.1 Å². The van der Waals surface area contributed by atoms with Gasteiger partial charge < -0.3 is 4.74 Å². The zero-order chi connectivity index (χ0) is 18.6. The van der Waals surface area contributed by atoms with Gasteiger partial charge in [-0.15, -0.1) is 0 Å². The van der Waals surface area contributed by atoms with Crippen LogP contribution in [-0.4, -0.2) is 22.9 Å². The average Bonchev–Trinajstić information content (AvgIpc) is 2.58. The van der Waals surface area contributed by atoms with Crippen LogP contribution < -0.4 is 15.6 Å². The van der Waals surface area contributed by atoms with Gasteiger partial charge in [-0.1, -0.05) is 0 Å². The van der Waals surface area contributed by atoms with Crippen molar-refractivity contribution in [2.75, 3.05) is 12.5 Å². The fraction of sp³-hybridized carbons (Fsp3) is 0.143. The molecule has 0 aliphatic heterocycles. The molecule has 1 aromatic carbocycles. The number of nitrogens with one attached hydrogen (secondary N) is 2. The van der Waals surface area contributed by atoms with E-state index in [1.54, 1.807) is 0 Å². The highest BCUT2D eigenvalue weighted by atomic mass is 19.4. The van der Waals surface area contributed by atoms with Gasteiger partial charge in [0.2, 0.25) is 5.88 Å². The van der Waals surface area contributed by atoms with E-state index >= 15 is 0 Å². The Hall–Kier alpha value is -3.37. The number of hydrogen-bond acceptors (Lipinski definition) is 6. The summed E-state index contributed by atoms with van der Waals surface area (Å²) in [6.07, 6.45) is -3.52. The summed E-state index contributed by atoms with van der Waals surface area (Å²) in [6.45, 7) is 0. The molecule has 1 aromatic heterocycles. The van der Waals surface area contributed by atoms with Crippen molar-refractivity contribution < 1.29 is 27.6 Å². The van der Waals surface area contributed by atoms with Gasteiger partial charge in [-0.3, -0.25) is 25.8 Å². The van der Waals surface area contributed by atoms with Gasteiger partial charge in [-0.05, 0) is 18.2 Å². The number of nitro benzene ring substituents is 1. The van der Waals surface area contributed by atoms with E-state index in [0.29, 0.717) is 12.1 Å². The van der Waals surface area contributed by atoms with Gasteiger partial charge in [0.25, 0.3) is 11.6 Å². The van der Waals surface area contributed by atoms with Crippen molar-refractivity contribution in [2.45, 2.75) is 6.18 Å². The van der Waals surface area contributed by atoms with E-state index in [4.69, 9.17) is 4.74 Å². The van der Waals surface area contributed by atoms with Crippen LogP contribution in [0.3, 0.4) is 0 Å². The molecule has 2 N–H and O–H groups in total. The van der Waals surface area contributed by atoms with Crippen molar-refractivity contribution in [1.82, 2.24) is 10.4 Å². The van der Waals surface area contributed by atoms with E-state index in [1.165, 1.54) is 25.4 Å². The van der Waals surface area contributed by atoms with Crippen LogP contribution in [-0.2, 0) is 6.18 Å². The molecular weight excluding hydrogens is 345 g/mol. The molecule has 1 amide bonds. The number of nitro groups is 1. The van der Waals surface area contributed by atoms with E-state index < -0.39 is 28.3 Å². The second-order valence-electron chi connectivity index (χ2n) is 4.66. The molecule has 2 aromatic rings. The van der Waals surface area contributed by atoms with Crippen molar-refractivity contribution in [3.63, 3.8) is 0 Å². The summed E-state index contributed by atoms with van der Waals surface area (Å²) in [5, 5.41) is 10.9. The number of methoxy groups -OCH3 is 1. The zero-order valence-corrected chi connectivity index (χ0v) is 12.6. The van der Waals surface area contributed by atoms with E-state index in [9.17, 15) is 28.1 Å². The van der Waals surface area contributed by atoms with Crippen molar-refractivity contribution in [1.29, 1.82) is 0 Å². The lowest BCUT2D eigenvalue weighted by atomic mass is 10.1. The number of anilines is 1. The quantitative estimate of drug-likeness (QED) is 0.630. The number of rotatable bonds is 5. The Kier molecular flexibility index (Phi) is 5.05. The minimum absolute atomic E-state index is 0.114. The molecule has 0 bridgehead atoms. The molecule has 1 heterocycles. The van der Waals surface area contributed by atoms with Crippen molar-refractivity contribution in [2.24, 2.45) is 0 Å². The van der Waals surface area contributed by atoms with E-state index in [-0.39, 0.29) is 17.1 Å². The number of carbonyl (C=O) groups excluding carboxylic acids is 1. The first-order chi connectivity index (χ1) is 11.7. The molecule has 0 aliphatic carbocycles. The number of amides is 1. The first-order valence-corrected chi connectivity index (χ1v) is 6.64. The molecule has 0 saturated heterocycles. The third-order valence-electron chi connectivity index (χ3n) is 3.04. The third-order valence-corrected chi connectivity index (χ3v) is 3.04. The maximum absolute atomic E-state index is 12.6. The number of alkyl halides is 3. The number of aromatic nitrogens is 1. The number of ether oxygens (including phenoxy) is 1. The Labute approximate surface area is 138 Å². The molecule has 0 fully saturated rings. The molecule has 0 saturated carbocycles. The predicted molar refractivity (Wildman–Crippen MR) is 80.0 cm³/mol. The summed E-state index contributed by atoms with van der Waals surface area (Å²) in [4.78, 5) is 25.7. The standard InChI is InChI=1S/C14H11F3N4O4/c1-25-12-5-2-8(7-18-12)13(22)20-19-10-4-3-9(14(15,16)17)6-11(10)21(23)24/h2-7,19H,1H3,(H,20,22). The van der Waals surface area contributed by atoms with Gasteiger partial charge >= 0.3 is 6.18 Å². The molecule has 11 heteroatoms. The Bertz CT molecular complexity index is 794. The average molecular weight is 356 g/mol. The Morgan fingerprint density at radius 3 is 2.52 bits per heavy atom. The summed E-state index contributed by atoms with van der Waals surface area (Å²) < 4.78 is 42.7. The number of hydrazine groups is 1. The largest absolute Gasteiger partial charge is 0.481 e. The molecule has 0 atom stereocenters. The zero-order valence-electron chi connectivity index (χ0n) is 12.6. The molecule has 0 aliphatic rings. The van der Waals surface area contributed by atoms with Crippen molar-refractivity contribution >= 4 is 17.3 Å². The SMILES string of the molecule is COc1ccc(C(=O)NNc2ccc(C(F)(F)F)cc2[N+](=O)[O-])cn1. The minimum atomic E-state index is -4.72. The number of pyridine rings is 1. The van der Waals surface area contributed by atoms with Crippen LogP contribution >= 0.6 is 0 Å². The summed E-state index contributed by atoms with van der Waals surface area (Å²) in [5.74, 6) is -0.410. The number of nitrogens with zero attached hydrogens (tertiary/aromatic N) is 2. The monoisotopic (exact) mass is 356 g/mol.